The molecule has 0 aliphatic heterocycles. The van der Waals surface area contributed by atoms with Gasteiger partial charge in [-0.05, 0) is 38.4 Å². The van der Waals surface area contributed by atoms with Crippen molar-refractivity contribution < 1.29 is 14.6 Å². The van der Waals surface area contributed by atoms with Crippen molar-refractivity contribution in [3.8, 4) is 22.7 Å². The highest BCUT2D eigenvalue weighted by Crippen LogP contribution is 2.35. The fourth-order valence-electron chi connectivity index (χ4n) is 3.99. The van der Waals surface area contributed by atoms with Crippen LogP contribution in [-0.4, -0.2) is 79.8 Å². The summed E-state index contributed by atoms with van der Waals surface area (Å²) in [6, 6.07) is 8.86. The number of pyridine rings is 1. The number of likely N-dealkylation sites (N-methyl/N-ethyl adjacent to an activating group) is 1. The van der Waals surface area contributed by atoms with E-state index in [0.29, 0.717) is 45.9 Å². The van der Waals surface area contributed by atoms with Crippen LogP contribution in [0.15, 0.2) is 55.1 Å². The van der Waals surface area contributed by atoms with Gasteiger partial charge in [0.25, 0.3) is 0 Å². The molecule has 0 unspecified atom stereocenters. The molecule has 0 fully saturated rings. The van der Waals surface area contributed by atoms with Gasteiger partial charge < -0.3 is 20.5 Å². The van der Waals surface area contributed by atoms with Crippen LogP contribution in [0.5, 0.6) is 5.75 Å². The highest BCUT2D eigenvalue weighted by atomic mass is 16.5. The zero-order valence-corrected chi connectivity index (χ0v) is 20.0. The third kappa shape index (κ3) is 4.03. The van der Waals surface area contributed by atoms with Gasteiger partial charge in [-0.15, -0.1) is 5.10 Å². The molecule has 184 valence electrons. The van der Waals surface area contributed by atoms with Gasteiger partial charge >= 0.3 is 6.09 Å². The molecular formula is C24H25N9O3. The highest BCUT2D eigenvalue weighted by molar-refractivity contribution is 6.00. The molecule has 1 aromatic carbocycles. The van der Waals surface area contributed by atoms with E-state index in [0.717, 1.165) is 5.56 Å². The normalized spacial score (nSPS) is 11.4. The van der Waals surface area contributed by atoms with Crippen LogP contribution >= 0.6 is 0 Å². The quantitative estimate of drug-likeness (QED) is 0.332. The molecule has 1 amide bonds. The summed E-state index contributed by atoms with van der Waals surface area (Å²) in [5.74, 6) is 0.771. The van der Waals surface area contributed by atoms with Gasteiger partial charge in [-0.3, -0.25) is 9.88 Å². The maximum Gasteiger partial charge on any atom is 0.413 e. The molecule has 5 rings (SSSR count). The summed E-state index contributed by atoms with van der Waals surface area (Å²) in [6.45, 7) is 0.748. The molecule has 0 aliphatic rings. The molecule has 4 heterocycles. The smallest absolute Gasteiger partial charge is 0.413 e. The minimum atomic E-state index is -1.11. The monoisotopic (exact) mass is 487 g/mol. The maximum atomic E-state index is 12.2. The van der Waals surface area contributed by atoms with E-state index in [1.807, 2.05) is 25.1 Å². The molecule has 0 saturated heterocycles. The van der Waals surface area contributed by atoms with Crippen LogP contribution < -0.4 is 15.4 Å². The maximum absolute atomic E-state index is 12.2. The Morgan fingerprint density at radius 1 is 1.17 bits per heavy atom. The summed E-state index contributed by atoms with van der Waals surface area (Å²) >= 11 is 0. The molecule has 0 saturated carbocycles. The number of nitrogens with two attached hydrogens (primary N) is 1. The van der Waals surface area contributed by atoms with Crippen LogP contribution in [0.4, 0.5) is 16.3 Å². The number of ether oxygens (including phenoxy) is 1. The van der Waals surface area contributed by atoms with Crippen molar-refractivity contribution >= 4 is 34.1 Å². The number of hydrogen-bond acceptors (Lipinski definition) is 8. The van der Waals surface area contributed by atoms with Crippen LogP contribution in [0.2, 0.25) is 0 Å². The second-order valence-corrected chi connectivity index (χ2v) is 8.44. The van der Waals surface area contributed by atoms with Gasteiger partial charge in [0.2, 0.25) is 0 Å². The van der Waals surface area contributed by atoms with Crippen molar-refractivity contribution in [2.24, 2.45) is 0 Å². The molecular weight excluding hydrogens is 462 g/mol. The van der Waals surface area contributed by atoms with E-state index < -0.39 is 6.09 Å². The first-order valence-electron chi connectivity index (χ1n) is 11.1. The zero-order valence-electron chi connectivity index (χ0n) is 20.0. The molecule has 36 heavy (non-hydrogen) atoms. The van der Waals surface area contributed by atoms with Crippen LogP contribution in [0.25, 0.3) is 33.5 Å². The van der Waals surface area contributed by atoms with E-state index in [1.54, 1.807) is 65.4 Å². The minimum Gasteiger partial charge on any atom is -0.494 e. The Labute approximate surface area is 206 Å². The lowest BCUT2D eigenvalue weighted by Crippen LogP contribution is -2.36. The first-order valence-corrected chi connectivity index (χ1v) is 11.1. The third-order valence-corrected chi connectivity index (χ3v) is 5.79. The number of benzene rings is 1. The number of fused-ring (bicyclic) bond motifs is 2. The second kappa shape index (κ2) is 9.15. The number of anilines is 2. The minimum absolute atomic E-state index is 0.229. The van der Waals surface area contributed by atoms with Crippen molar-refractivity contribution in [2.45, 2.75) is 0 Å². The summed E-state index contributed by atoms with van der Waals surface area (Å²) in [7, 11) is 5.31. The molecule has 3 N–H and O–H groups in total. The lowest BCUT2D eigenvalue weighted by molar-refractivity contribution is 0.201. The molecule has 0 atom stereocenters. The number of amides is 1. The lowest BCUT2D eigenvalue weighted by atomic mass is 10.2. The first-order chi connectivity index (χ1) is 17.4. The van der Waals surface area contributed by atoms with E-state index in [4.69, 9.17) is 15.6 Å². The van der Waals surface area contributed by atoms with Crippen LogP contribution in [0.1, 0.15) is 0 Å². The number of nitrogens with zero attached hydrogens (tertiary/aromatic N) is 8. The molecule has 0 spiro atoms. The molecule has 0 bridgehead atoms. The fraction of sp³-hybridized carbons (Fsp3) is 0.208. The predicted molar refractivity (Wildman–Crippen MR) is 136 cm³/mol. The first kappa shape index (κ1) is 23.1. The van der Waals surface area contributed by atoms with E-state index >= 15 is 0 Å². The van der Waals surface area contributed by atoms with Gasteiger partial charge in [-0.1, -0.05) is 0 Å². The second-order valence-electron chi connectivity index (χ2n) is 8.44. The lowest BCUT2D eigenvalue weighted by Gasteiger charge is -2.19. The molecule has 0 radical (unpaired) electrons. The number of carbonyl (C=O) groups is 1. The zero-order chi connectivity index (χ0) is 25.4. The predicted octanol–water partition coefficient (Wildman–Crippen LogP) is 2.77. The summed E-state index contributed by atoms with van der Waals surface area (Å²) in [5, 5.41) is 19.7. The standard InChI is InChI=1S/C24H25N9O3/c1-30(2)9-10-31(24(34)35)23-17-13-27-18(16-14-28-32-8-4-7-26-22(16)32)12-20(17)33(29-23)19-6-5-15(25)11-21(19)36-3/h4-8,11-14H,9-10,25H2,1-3H3,(H,34,35). The Morgan fingerprint density at radius 2 is 2.00 bits per heavy atom. The van der Waals surface area contributed by atoms with Gasteiger partial charge in [0.1, 0.15) is 11.4 Å². The van der Waals surface area contributed by atoms with E-state index in [-0.39, 0.29) is 12.4 Å². The van der Waals surface area contributed by atoms with Gasteiger partial charge in [0.05, 0.1) is 35.5 Å². The Morgan fingerprint density at radius 3 is 2.75 bits per heavy atom. The largest absolute Gasteiger partial charge is 0.494 e. The number of nitrogen functional groups attached to an aromatic ring is 1. The third-order valence-electron chi connectivity index (χ3n) is 5.79. The average Bonchev–Trinajstić information content (AvgIpc) is 3.45. The molecule has 0 aliphatic carbocycles. The number of hydrogen-bond donors (Lipinski definition) is 2. The van der Waals surface area contributed by atoms with Crippen molar-refractivity contribution in [1.82, 2.24) is 34.3 Å². The Hall–Kier alpha value is -4.71. The SMILES string of the molecule is COc1cc(N)ccc1-n1nc(N(CCN(C)C)C(=O)O)c2cnc(-c3cnn4cccnc34)cc21. The van der Waals surface area contributed by atoms with Gasteiger partial charge in [0.15, 0.2) is 11.5 Å². The topological polar surface area (TPSA) is 140 Å². The highest BCUT2D eigenvalue weighted by Gasteiger charge is 2.25. The van der Waals surface area contributed by atoms with Crippen molar-refractivity contribution in [2.75, 3.05) is 44.9 Å². The summed E-state index contributed by atoms with van der Waals surface area (Å²) in [4.78, 5) is 24.4. The van der Waals surface area contributed by atoms with Gasteiger partial charge in [-0.2, -0.15) is 5.10 Å². The Bertz CT molecular complexity index is 1570. The van der Waals surface area contributed by atoms with Gasteiger partial charge in [0, 0.05) is 43.4 Å². The van der Waals surface area contributed by atoms with Crippen LogP contribution in [0.3, 0.4) is 0 Å². The number of carboxylic acid groups (broad SMARTS) is 1. The van der Waals surface area contributed by atoms with E-state index in [1.165, 1.54) is 4.90 Å². The number of aromatic nitrogens is 6. The molecule has 5 aromatic rings. The summed E-state index contributed by atoms with van der Waals surface area (Å²) in [5.41, 5.74) is 9.76. The van der Waals surface area contributed by atoms with Crippen LogP contribution in [-0.2, 0) is 0 Å². The van der Waals surface area contributed by atoms with Gasteiger partial charge in [-0.25, -0.2) is 19.0 Å². The average molecular weight is 488 g/mol. The summed E-state index contributed by atoms with van der Waals surface area (Å²) in [6.07, 6.45) is 5.72. The Kier molecular flexibility index (Phi) is 5.86. The van der Waals surface area contributed by atoms with Crippen molar-refractivity contribution in [3.05, 3.63) is 55.1 Å². The number of rotatable bonds is 7. The van der Waals surface area contributed by atoms with Crippen LogP contribution in [0, 0.1) is 0 Å². The van der Waals surface area contributed by atoms with Crippen molar-refractivity contribution in [1.29, 1.82) is 0 Å². The fourth-order valence-corrected chi connectivity index (χ4v) is 3.99. The summed E-state index contributed by atoms with van der Waals surface area (Å²) < 4.78 is 8.89. The molecule has 12 nitrogen and oxygen atoms in total. The Balaban J connectivity index is 1.75. The number of methoxy groups -OCH3 is 1. The van der Waals surface area contributed by atoms with Crippen molar-refractivity contribution in [3.63, 3.8) is 0 Å². The van der Waals surface area contributed by atoms with E-state index in [9.17, 15) is 9.90 Å². The van der Waals surface area contributed by atoms with E-state index in [2.05, 4.69) is 15.1 Å². The molecule has 12 heteroatoms. The molecule has 4 aromatic heterocycles.